The van der Waals surface area contributed by atoms with Crippen LogP contribution in [0.2, 0.25) is 0 Å². The number of amides is 1. The van der Waals surface area contributed by atoms with Crippen LogP contribution in [0.15, 0.2) is 0 Å². The van der Waals surface area contributed by atoms with Crippen LogP contribution >= 0.6 is 0 Å². The van der Waals surface area contributed by atoms with Gasteiger partial charge in [-0.1, -0.05) is 19.3 Å². The summed E-state index contributed by atoms with van der Waals surface area (Å²) in [5, 5.41) is 8.98. The Kier molecular flexibility index (Phi) is 4.48. The minimum absolute atomic E-state index is 0.0341. The molecule has 3 rings (SSSR count). The van der Waals surface area contributed by atoms with Gasteiger partial charge in [0.25, 0.3) is 5.91 Å². The van der Waals surface area contributed by atoms with E-state index < -0.39 is 18.2 Å². The largest absolute Gasteiger partial charge is 0.479 e. The lowest BCUT2D eigenvalue weighted by Crippen LogP contribution is -2.43. The van der Waals surface area contributed by atoms with Crippen molar-refractivity contribution in [2.45, 2.75) is 76.0 Å². The molecular formula is C16H25NO4. The van der Waals surface area contributed by atoms with Gasteiger partial charge in [0.05, 0.1) is 0 Å². The van der Waals surface area contributed by atoms with Crippen molar-refractivity contribution in [2.75, 3.05) is 6.54 Å². The number of carboxylic acids is 1. The zero-order valence-corrected chi connectivity index (χ0v) is 12.5. The molecule has 0 aromatic heterocycles. The van der Waals surface area contributed by atoms with E-state index in [1.165, 1.54) is 32.1 Å². The van der Waals surface area contributed by atoms with Gasteiger partial charge in [-0.05, 0) is 44.4 Å². The molecule has 0 radical (unpaired) electrons. The van der Waals surface area contributed by atoms with Crippen molar-refractivity contribution in [2.24, 2.45) is 5.92 Å². The van der Waals surface area contributed by atoms with Gasteiger partial charge in [0, 0.05) is 12.6 Å². The van der Waals surface area contributed by atoms with Crippen LogP contribution in [-0.2, 0) is 14.3 Å². The van der Waals surface area contributed by atoms with Crippen LogP contribution in [-0.4, -0.2) is 46.7 Å². The van der Waals surface area contributed by atoms with Crippen molar-refractivity contribution >= 4 is 11.9 Å². The first-order valence-electron chi connectivity index (χ1n) is 8.34. The van der Waals surface area contributed by atoms with E-state index in [0.29, 0.717) is 24.8 Å². The van der Waals surface area contributed by atoms with Gasteiger partial charge in [-0.25, -0.2) is 4.79 Å². The van der Waals surface area contributed by atoms with Crippen molar-refractivity contribution in [3.63, 3.8) is 0 Å². The molecule has 1 heterocycles. The van der Waals surface area contributed by atoms with E-state index in [1.54, 1.807) is 0 Å². The molecule has 1 amide bonds. The molecule has 0 aromatic carbocycles. The summed E-state index contributed by atoms with van der Waals surface area (Å²) in [6, 6.07) is 0.381. The van der Waals surface area contributed by atoms with Crippen LogP contribution in [0, 0.1) is 5.92 Å². The van der Waals surface area contributed by atoms with Crippen LogP contribution in [0.25, 0.3) is 0 Å². The molecular weight excluding hydrogens is 270 g/mol. The fraction of sp³-hybridized carbons (Fsp3) is 0.875. The summed E-state index contributed by atoms with van der Waals surface area (Å²) in [7, 11) is 0. The highest BCUT2D eigenvalue weighted by molar-refractivity contribution is 5.83. The average molecular weight is 295 g/mol. The fourth-order valence-electron chi connectivity index (χ4n) is 3.64. The summed E-state index contributed by atoms with van der Waals surface area (Å²) in [4.78, 5) is 25.6. The SMILES string of the molecule is O=C(O)C1CCC(C(=O)N(CC2CCCCC2)C2CC2)O1. The Labute approximate surface area is 125 Å². The molecule has 3 aliphatic rings. The molecule has 1 N–H and O–H groups in total. The van der Waals surface area contributed by atoms with Gasteiger partial charge in [0.15, 0.2) is 6.10 Å². The topological polar surface area (TPSA) is 66.8 Å². The van der Waals surface area contributed by atoms with Crippen LogP contribution in [0.4, 0.5) is 0 Å². The maximum atomic E-state index is 12.7. The second-order valence-electron chi connectivity index (χ2n) is 6.75. The number of carbonyl (C=O) groups excluding carboxylic acids is 1. The van der Waals surface area contributed by atoms with Gasteiger partial charge in [-0.15, -0.1) is 0 Å². The average Bonchev–Trinajstić information content (AvgIpc) is 3.20. The lowest BCUT2D eigenvalue weighted by atomic mass is 9.89. The molecule has 1 aliphatic heterocycles. The smallest absolute Gasteiger partial charge is 0.332 e. The summed E-state index contributed by atoms with van der Waals surface area (Å²) in [6.07, 6.45) is 8.17. The molecule has 21 heavy (non-hydrogen) atoms. The van der Waals surface area contributed by atoms with E-state index >= 15 is 0 Å². The number of rotatable bonds is 5. The molecule has 2 unspecified atom stereocenters. The maximum Gasteiger partial charge on any atom is 0.332 e. The maximum absolute atomic E-state index is 12.7. The Morgan fingerprint density at radius 3 is 2.19 bits per heavy atom. The van der Waals surface area contributed by atoms with Gasteiger partial charge in [0.2, 0.25) is 0 Å². The third-order valence-corrected chi connectivity index (χ3v) is 5.02. The zero-order chi connectivity index (χ0) is 14.8. The molecule has 5 nitrogen and oxygen atoms in total. The fourth-order valence-corrected chi connectivity index (χ4v) is 3.64. The van der Waals surface area contributed by atoms with Gasteiger partial charge in [-0.3, -0.25) is 4.79 Å². The number of aliphatic carboxylic acids is 1. The van der Waals surface area contributed by atoms with E-state index in [1.807, 2.05) is 4.90 Å². The summed E-state index contributed by atoms with van der Waals surface area (Å²) >= 11 is 0. The first kappa shape index (κ1) is 14.8. The van der Waals surface area contributed by atoms with Crippen LogP contribution < -0.4 is 0 Å². The molecule has 2 saturated carbocycles. The van der Waals surface area contributed by atoms with Gasteiger partial charge in [-0.2, -0.15) is 0 Å². The molecule has 0 spiro atoms. The van der Waals surface area contributed by atoms with E-state index in [9.17, 15) is 9.59 Å². The second kappa shape index (κ2) is 6.34. The summed E-state index contributed by atoms with van der Waals surface area (Å²) in [5.41, 5.74) is 0. The Balaban J connectivity index is 1.58. The number of carbonyl (C=O) groups is 2. The predicted octanol–water partition coefficient (Wildman–Crippen LogP) is 2.19. The molecule has 1 saturated heterocycles. The van der Waals surface area contributed by atoms with E-state index in [2.05, 4.69) is 0 Å². The lowest BCUT2D eigenvalue weighted by molar-refractivity contribution is -0.155. The van der Waals surface area contributed by atoms with E-state index in [0.717, 1.165) is 19.4 Å². The van der Waals surface area contributed by atoms with Crippen molar-refractivity contribution in [1.82, 2.24) is 4.90 Å². The minimum atomic E-state index is -0.949. The minimum Gasteiger partial charge on any atom is -0.479 e. The molecule has 0 bridgehead atoms. The lowest BCUT2D eigenvalue weighted by Gasteiger charge is -2.31. The Hall–Kier alpha value is -1.10. The highest BCUT2D eigenvalue weighted by Crippen LogP contribution is 2.33. The summed E-state index contributed by atoms with van der Waals surface area (Å²) < 4.78 is 5.44. The van der Waals surface area contributed by atoms with Crippen LogP contribution in [0.5, 0.6) is 0 Å². The van der Waals surface area contributed by atoms with Crippen molar-refractivity contribution < 1.29 is 19.4 Å². The number of ether oxygens (including phenoxy) is 1. The first-order chi connectivity index (χ1) is 10.1. The monoisotopic (exact) mass is 295 g/mol. The van der Waals surface area contributed by atoms with Gasteiger partial charge in [0.1, 0.15) is 6.10 Å². The Bertz CT molecular complexity index is 401. The van der Waals surface area contributed by atoms with Crippen LogP contribution in [0.1, 0.15) is 57.8 Å². The second-order valence-corrected chi connectivity index (χ2v) is 6.75. The quantitative estimate of drug-likeness (QED) is 0.844. The molecule has 0 aromatic rings. The number of nitrogens with zero attached hydrogens (tertiary/aromatic N) is 1. The normalized spacial score (nSPS) is 30.3. The van der Waals surface area contributed by atoms with E-state index in [-0.39, 0.29) is 5.91 Å². The standard InChI is InChI=1S/C16H25NO4/c18-15(13-8-9-14(21-13)16(19)20)17(12-6-7-12)10-11-4-2-1-3-5-11/h11-14H,1-10H2,(H,19,20). The number of hydrogen-bond acceptors (Lipinski definition) is 3. The van der Waals surface area contributed by atoms with Gasteiger partial charge < -0.3 is 14.7 Å². The zero-order valence-electron chi connectivity index (χ0n) is 12.5. The van der Waals surface area contributed by atoms with Gasteiger partial charge >= 0.3 is 5.97 Å². The summed E-state index contributed by atoms with van der Waals surface area (Å²) in [5.74, 6) is -0.289. The van der Waals surface area contributed by atoms with Crippen LogP contribution in [0.3, 0.4) is 0 Å². The molecule has 3 fully saturated rings. The van der Waals surface area contributed by atoms with E-state index in [4.69, 9.17) is 9.84 Å². The molecule has 2 atom stereocenters. The first-order valence-corrected chi connectivity index (χ1v) is 8.34. The number of carboxylic acid groups (broad SMARTS) is 1. The molecule has 5 heteroatoms. The Morgan fingerprint density at radius 1 is 0.952 bits per heavy atom. The van der Waals surface area contributed by atoms with Crippen molar-refractivity contribution in [3.05, 3.63) is 0 Å². The number of hydrogen-bond donors (Lipinski definition) is 1. The highest BCUT2D eigenvalue weighted by Gasteiger charge is 2.41. The Morgan fingerprint density at radius 2 is 1.62 bits per heavy atom. The summed E-state index contributed by atoms with van der Waals surface area (Å²) in [6.45, 7) is 0.848. The molecule has 118 valence electrons. The molecule has 2 aliphatic carbocycles. The van der Waals surface area contributed by atoms with Crippen molar-refractivity contribution in [3.8, 4) is 0 Å². The third kappa shape index (κ3) is 3.57. The predicted molar refractivity (Wildman–Crippen MR) is 76.8 cm³/mol. The third-order valence-electron chi connectivity index (χ3n) is 5.02. The highest BCUT2D eigenvalue weighted by atomic mass is 16.5. The van der Waals surface area contributed by atoms with Crippen molar-refractivity contribution in [1.29, 1.82) is 0 Å².